The van der Waals surface area contributed by atoms with Crippen LogP contribution in [0.15, 0.2) is 595 Å². The first kappa shape index (κ1) is 89.4. The molecule has 0 aliphatic heterocycles. The van der Waals surface area contributed by atoms with E-state index in [1.54, 1.807) is 0 Å². The minimum Gasteiger partial charge on any atom is -0.0622 e. The van der Waals surface area contributed by atoms with E-state index in [1.807, 2.05) is 0 Å². The lowest BCUT2D eigenvalue weighted by molar-refractivity contribution is 1.61. The topological polar surface area (TPSA) is 0 Å². The van der Waals surface area contributed by atoms with E-state index in [-0.39, 0.29) is 0 Å². The van der Waals surface area contributed by atoms with Crippen molar-refractivity contribution in [3.05, 3.63) is 595 Å². The van der Waals surface area contributed by atoms with E-state index in [4.69, 9.17) is 0 Å². The van der Waals surface area contributed by atoms with Crippen molar-refractivity contribution in [2.24, 2.45) is 0 Å². The molecule has 0 nitrogen and oxygen atoms in total. The zero-order chi connectivity index (χ0) is 99.3. The van der Waals surface area contributed by atoms with Crippen molar-refractivity contribution in [3.8, 4) is 122 Å². The summed E-state index contributed by atoms with van der Waals surface area (Å²) in [5, 5.41) is 38.4. The number of rotatable bonds is 11. The first-order chi connectivity index (χ1) is 74.5. The van der Waals surface area contributed by atoms with Gasteiger partial charge in [-0.15, -0.1) is 0 Å². The van der Waals surface area contributed by atoms with E-state index < -0.39 is 0 Å². The molecule has 0 aliphatic rings. The Balaban J connectivity index is 0.0000000985. The number of hydrogen-bond donors (Lipinski definition) is 0. The summed E-state index contributed by atoms with van der Waals surface area (Å²) < 4.78 is 0. The summed E-state index contributed by atoms with van der Waals surface area (Å²) in [6.45, 7) is 0. The molecular weight excluding hydrogens is 1800 g/mol. The van der Waals surface area contributed by atoms with Crippen LogP contribution in [0.5, 0.6) is 0 Å². The van der Waals surface area contributed by atoms with E-state index in [2.05, 4.69) is 595 Å². The number of fused-ring (bicyclic) bond motifs is 15. The monoisotopic (exact) mass is 1900 g/mol. The standard InChI is InChI=1S/2C40H26.C36H24.C34H22/c1-3-18-31-27(12-1)14-10-24-33(31)29-16-9-17-30(26-29)39-35-20-5-7-22-37(35)40(38-23-8-6-21-36(38)39)34-25-11-15-28-13-2-4-19-32(28)34;1-2-12-27(13-3-1)32-25-30-16-6-7-17-33(30)38(26-32)40-36-20-10-8-18-34(36)39(35-19-9-11-21-37(35)40)31-23-22-28-14-4-5-15-29(28)24-31;1-2-12-25(13-3-1)27-16-10-17-28(24-27)35-31-19-6-8-21-33(31)36(34-22-9-7-20-32(34)35)30-23-11-15-26-14-4-5-18-29(26)30;1-3-15-25-23(11-1)13-9-21-27(25)33-29-17-5-7-19-31(29)34(32-20-8-6-18-30(32)33)28-22-10-14-24-12-2-4-16-26(24)28/h2*1-26H;1-24H;1-22H. The van der Waals surface area contributed by atoms with Crippen LogP contribution in [0, 0.1) is 0 Å². The van der Waals surface area contributed by atoms with Gasteiger partial charge in [-0.3, -0.25) is 0 Å². The lowest BCUT2D eigenvalue weighted by Crippen LogP contribution is -1.92. The first-order valence-electron chi connectivity index (χ1n) is 52.0. The minimum atomic E-state index is 1.23. The van der Waals surface area contributed by atoms with Crippen LogP contribution < -0.4 is 0 Å². The summed E-state index contributed by atoms with van der Waals surface area (Å²) in [5.74, 6) is 0. The molecule has 0 bridgehead atoms. The quantitative estimate of drug-likeness (QED) is 0.113. The molecule has 0 aliphatic carbocycles. The highest BCUT2D eigenvalue weighted by Crippen LogP contribution is 2.53. The predicted octanol–water partition coefficient (Wildman–Crippen LogP) is 42.4. The third-order valence-corrected chi connectivity index (χ3v) is 30.7. The van der Waals surface area contributed by atoms with Crippen molar-refractivity contribution >= 4 is 162 Å². The highest BCUT2D eigenvalue weighted by atomic mass is 14.3. The summed E-state index contributed by atoms with van der Waals surface area (Å²) in [4.78, 5) is 0. The third-order valence-electron chi connectivity index (χ3n) is 30.7. The first-order valence-corrected chi connectivity index (χ1v) is 52.0. The van der Waals surface area contributed by atoms with E-state index in [0.29, 0.717) is 0 Å². The van der Waals surface area contributed by atoms with Gasteiger partial charge >= 0.3 is 0 Å². The molecule has 0 amide bonds. The van der Waals surface area contributed by atoms with Gasteiger partial charge < -0.3 is 0 Å². The van der Waals surface area contributed by atoms with Crippen molar-refractivity contribution < 1.29 is 0 Å². The molecule has 0 heterocycles. The molecule has 0 atom stereocenters. The van der Waals surface area contributed by atoms with Crippen LogP contribution in [0.25, 0.3) is 284 Å². The average Bonchev–Trinajstić information content (AvgIpc) is 0.734. The second kappa shape index (κ2) is 38.9. The molecule has 698 valence electrons. The van der Waals surface area contributed by atoms with Gasteiger partial charge in [0.1, 0.15) is 0 Å². The molecule has 0 aromatic heterocycles. The second-order valence-electron chi connectivity index (χ2n) is 39.2. The van der Waals surface area contributed by atoms with Gasteiger partial charge in [0.05, 0.1) is 0 Å². The molecule has 0 saturated carbocycles. The molecule has 0 heteroatoms. The Morgan fingerprint density at radius 3 is 0.573 bits per heavy atom. The van der Waals surface area contributed by atoms with Crippen molar-refractivity contribution in [1.29, 1.82) is 0 Å². The Bertz CT molecular complexity index is 10200. The summed E-state index contributed by atoms with van der Waals surface area (Å²) in [6.07, 6.45) is 0. The Morgan fingerprint density at radius 1 is 0.0667 bits per heavy atom. The lowest BCUT2D eigenvalue weighted by Gasteiger charge is -2.20. The van der Waals surface area contributed by atoms with Gasteiger partial charge in [-0.05, 0) is 314 Å². The molecule has 30 aromatic rings. The molecule has 0 saturated heterocycles. The van der Waals surface area contributed by atoms with Gasteiger partial charge in [0.15, 0.2) is 0 Å². The summed E-state index contributed by atoms with van der Waals surface area (Å²) in [7, 11) is 0. The number of hydrogen-bond acceptors (Lipinski definition) is 0. The highest BCUT2D eigenvalue weighted by molar-refractivity contribution is 6.30. The van der Waals surface area contributed by atoms with Crippen LogP contribution in [-0.2, 0) is 0 Å². The van der Waals surface area contributed by atoms with Crippen LogP contribution in [0.3, 0.4) is 0 Å². The van der Waals surface area contributed by atoms with E-state index in [1.165, 1.54) is 284 Å². The fraction of sp³-hybridized carbons (Fsp3) is 0. The Hall–Kier alpha value is -19.5. The van der Waals surface area contributed by atoms with Gasteiger partial charge in [-0.25, -0.2) is 0 Å². The highest BCUT2D eigenvalue weighted by Gasteiger charge is 2.26. The smallest absolute Gasteiger partial charge is 0.00199 e. The lowest BCUT2D eigenvalue weighted by atomic mass is 9.83. The van der Waals surface area contributed by atoms with E-state index in [0.717, 1.165) is 0 Å². The van der Waals surface area contributed by atoms with Gasteiger partial charge in [-0.2, -0.15) is 0 Å². The van der Waals surface area contributed by atoms with Crippen LogP contribution in [-0.4, -0.2) is 0 Å². The molecule has 0 radical (unpaired) electrons. The summed E-state index contributed by atoms with van der Waals surface area (Å²) in [6, 6.07) is 216. The van der Waals surface area contributed by atoms with Crippen LogP contribution >= 0.6 is 0 Å². The zero-order valence-electron chi connectivity index (χ0n) is 82.6. The Morgan fingerprint density at radius 2 is 0.253 bits per heavy atom. The summed E-state index contributed by atoms with van der Waals surface area (Å²) >= 11 is 0. The van der Waals surface area contributed by atoms with E-state index >= 15 is 0 Å². The van der Waals surface area contributed by atoms with Gasteiger partial charge in [-0.1, -0.05) is 564 Å². The number of benzene rings is 30. The van der Waals surface area contributed by atoms with Gasteiger partial charge in [0, 0.05) is 0 Å². The van der Waals surface area contributed by atoms with Gasteiger partial charge in [0.2, 0.25) is 0 Å². The van der Waals surface area contributed by atoms with Crippen LogP contribution in [0.2, 0.25) is 0 Å². The molecule has 30 rings (SSSR count). The summed E-state index contributed by atoms with van der Waals surface area (Å²) in [5.41, 5.74) is 28.0. The fourth-order valence-electron chi connectivity index (χ4n) is 24.1. The molecule has 0 fully saturated rings. The molecule has 30 aromatic carbocycles. The maximum atomic E-state index is 2.39. The normalized spacial score (nSPS) is 11.5. The Labute approximate surface area is 871 Å². The average molecular weight is 1900 g/mol. The second-order valence-corrected chi connectivity index (χ2v) is 39.2. The molecule has 0 N–H and O–H groups in total. The molecule has 0 spiro atoms. The largest absolute Gasteiger partial charge is 0.0622 e. The van der Waals surface area contributed by atoms with Crippen molar-refractivity contribution in [2.45, 2.75) is 0 Å². The van der Waals surface area contributed by atoms with Gasteiger partial charge in [0.25, 0.3) is 0 Å². The molecule has 150 heavy (non-hydrogen) atoms. The van der Waals surface area contributed by atoms with Crippen LogP contribution in [0.4, 0.5) is 0 Å². The minimum absolute atomic E-state index is 1.23. The van der Waals surface area contributed by atoms with Crippen molar-refractivity contribution in [3.63, 3.8) is 0 Å². The SMILES string of the molecule is c1cc(-c2cccc3ccccc23)cc(-c2c3ccccc3c(-c3cccc4ccccc34)c3ccccc23)c1.c1ccc(-c2cc(-c3c4ccccc4c(-c4ccc5ccccc5c4)c4ccccc34)c3ccccc3c2)cc1.c1ccc(-c2cccc(-c3c4ccccc4c(-c4cccc5ccccc45)c4ccccc34)c2)cc1.c1ccc2c(-c3c4ccccc4c(-c4cccc5ccccc45)c4ccccc34)cccc2c1. The molecule has 0 unspecified atom stereocenters. The van der Waals surface area contributed by atoms with Crippen LogP contribution in [0.1, 0.15) is 0 Å². The maximum absolute atomic E-state index is 2.39. The fourth-order valence-corrected chi connectivity index (χ4v) is 24.1. The van der Waals surface area contributed by atoms with E-state index in [9.17, 15) is 0 Å². The molecular formula is C150H98. The Kier molecular flexibility index (Phi) is 23.2. The third kappa shape index (κ3) is 16.1. The predicted molar refractivity (Wildman–Crippen MR) is 648 cm³/mol. The van der Waals surface area contributed by atoms with Crippen molar-refractivity contribution in [2.75, 3.05) is 0 Å². The maximum Gasteiger partial charge on any atom is -0.00199 e. The zero-order valence-corrected chi connectivity index (χ0v) is 82.6. The van der Waals surface area contributed by atoms with Crippen molar-refractivity contribution in [1.82, 2.24) is 0 Å².